The number of ether oxygens (including phenoxy) is 2. The molecule has 6 nitrogen and oxygen atoms in total. The average Bonchev–Trinajstić information content (AvgIpc) is 2.19. The number of rotatable bonds is 7. The fourth-order valence-corrected chi connectivity index (χ4v) is 1.09. The number of hydrogen-bond donors (Lipinski definition) is 1. The number of carbonyl (C=O) groups excluding carboxylic acids is 3. The van der Waals surface area contributed by atoms with Crippen LogP contribution in [-0.2, 0) is 23.9 Å². The van der Waals surface area contributed by atoms with Gasteiger partial charge in [0.25, 0.3) is 0 Å². The fourth-order valence-electron chi connectivity index (χ4n) is 1.09. The van der Waals surface area contributed by atoms with Gasteiger partial charge < -0.3 is 15.2 Å². The number of primary amides is 1. The van der Waals surface area contributed by atoms with E-state index in [2.05, 4.69) is 0 Å². The standard InChI is InChI=1S/C12H21NO5/c1-12(2,3)18-11(16)5-4-8-17-10(15)7-6-9(13)14/h4-8H2,1-3H3,(H2,13,14). The van der Waals surface area contributed by atoms with Crippen molar-refractivity contribution in [1.29, 1.82) is 0 Å². The molecule has 0 heterocycles. The molecule has 0 radical (unpaired) electrons. The van der Waals surface area contributed by atoms with Crippen LogP contribution in [0.1, 0.15) is 46.5 Å². The first kappa shape index (κ1) is 16.4. The zero-order valence-electron chi connectivity index (χ0n) is 11.2. The van der Waals surface area contributed by atoms with Crippen LogP contribution in [0, 0.1) is 0 Å². The minimum Gasteiger partial charge on any atom is -0.466 e. The van der Waals surface area contributed by atoms with Crippen molar-refractivity contribution in [2.45, 2.75) is 52.1 Å². The van der Waals surface area contributed by atoms with E-state index in [1.165, 1.54) is 0 Å². The van der Waals surface area contributed by atoms with Crippen molar-refractivity contribution in [3.8, 4) is 0 Å². The Morgan fingerprint density at radius 3 is 2.11 bits per heavy atom. The Morgan fingerprint density at radius 1 is 1.00 bits per heavy atom. The molecule has 0 saturated heterocycles. The minimum atomic E-state index is -0.541. The molecule has 6 heteroatoms. The fraction of sp³-hybridized carbons (Fsp3) is 0.750. The maximum Gasteiger partial charge on any atom is 0.306 e. The van der Waals surface area contributed by atoms with E-state index in [4.69, 9.17) is 15.2 Å². The second-order valence-corrected chi connectivity index (χ2v) is 4.88. The number of hydrogen-bond acceptors (Lipinski definition) is 5. The van der Waals surface area contributed by atoms with Crippen molar-refractivity contribution in [3.63, 3.8) is 0 Å². The Morgan fingerprint density at radius 2 is 1.61 bits per heavy atom. The monoisotopic (exact) mass is 259 g/mol. The lowest BCUT2D eigenvalue weighted by atomic mass is 10.2. The van der Waals surface area contributed by atoms with Crippen LogP contribution in [0.2, 0.25) is 0 Å². The highest BCUT2D eigenvalue weighted by Crippen LogP contribution is 2.09. The molecule has 0 aromatic heterocycles. The molecule has 0 aromatic carbocycles. The second-order valence-electron chi connectivity index (χ2n) is 4.88. The highest BCUT2D eigenvalue weighted by atomic mass is 16.6. The Balaban J connectivity index is 3.59. The van der Waals surface area contributed by atoms with Gasteiger partial charge in [-0.2, -0.15) is 0 Å². The van der Waals surface area contributed by atoms with Gasteiger partial charge in [0.15, 0.2) is 0 Å². The molecular weight excluding hydrogens is 238 g/mol. The van der Waals surface area contributed by atoms with Gasteiger partial charge in [-0.25, -0.2) is 0 Å². The summed E-state index contributed by atoms with van der Waals surface area (Å²) in [5, 5.41) is 0. The Kier molecular flexibility index (Phi) is 7.00. The van der Waals surface area contributed by atoms with E-state index in [0.29, 0.717) is 6.42 Å². The Hall–Kier alpha value is -1.59. The number of nitrogens with two attached hydrogens (primary N) is 1. The molecule has 104 valence electrons. The first-order valence-corrected chi connectivity index (χ1v) is 5.86. The zero-order chi connectivity index (χ0) is 14.2. The van der Waals surface area contributed by atoms with E-state index in [9.17, 15) is 14.4 Å². The molecule has 18 heavy (non-hydrogen) atoms. The van der Waals surface area contributed by atoms with E-state index >= 15 is 0 Å². The predicted molar refractivity (Wildman–Crippen MR) is 64.5 cm³/mol. The molecule has 0 aromatic rings. The van der Waals surface area contributed by atoms with Gasteiger partial charge in [-0.15, -0.1) is 0 Å². The van der Waals surface area contributed by atoms with Crippen molar-refractivity contribution in [3.05, 3.63) is 0 Å². The lowest BCUT2D eigenvalue weighted by Crippen LogP contribution is -2.24. The summed E-state index contributed by atoms with van der Waals surface area (Å²) in [5.41, 5.74) is 4.38. The molecule has 0 atom stereocenters. The Bertz CT molecular complexity index is 306. The third-order valence-electron chi connectivity index (χ3n) is 1.78. The number of esters is 2. The molecule has 2 N–H and O–H groups in total. The van der Waals surface area contributed by atoms with E-state index in [1.54, 1.807) is 20.8 Å². The van der Waals surface area contributed by atoms with Gasteiger partial charge in [-0.05, 0) is 27.2 Å². The van der Waals surface area contributed by atoms with Gasteiger partial charge >= 0.3 is 11.9 Å². The van der Waals surface area contributed by atoms with Crippen LogP contribution in [0.15, 0.2) is 0 Å². The number of amides is 1. The first-order valence-electron chi connectivity index (χ1n) is 5.86. The average molecular weight is 259 g/mol. The quantitative estimate of drug-likeness (QED) is 0.541. The SMILES string of the molecule is CC(C)(C)OC(=O)CCCOC(=O)CCC(N)=O. The van der Waals surface area contributed by atoms with Crippen LogP contribution in [0.5, 0.6) is 0 Å². The van der Waals surface area contributed by atoms with Crippen LogP contribution >= 0.6 is 0 Å². The van der Waals surface area contributed by atoms with Crippen LogP contribution < -0.4 is 5.73 Å². The molecule has 0 aliphatic carbocycles. The summed E-state index contributed by atoms with van der Waals surface area (Å²) in [7, 11) is 0. The van der Waals surface area contributed by atoms with E-state index in [-0.39, 0.29) is 31.8 Å². The summed E-state index contributed by atoms with van der Waals surface area (Å²) in [4.78, 5) is 32.8. The lowest BCUT2D eigenvalue weighted by molar-refractivity contribution is -0.156. The third-order valence-corrected chi connectivity index (χ3v) is 1.78. The third kappa shape index (κ3) is 10.9. The zero-order valence-corrected chi connectivity index (χ0v) is 11.2. The van der Waals surface area contributed by atoms with Crippen molar-refractivity contribution < 1.29 is 23.9 Å². The Labute approximate surface area is 107 Å². The summed E-state index contributed by atoms with van der Waals surface area (Å²) in [5.74, 6) is -1.35. The molecule has 0 aliphatic heterocycles. The van der Waals surface area contributed by atoms with Gasteiger partial charge in [0.05, 0.1) is 13.0 Å². The predicted octanol–water partition coefficient (Wildman–Crippen LogP) is 0.917. The maximum atomic E-state index is 11.3. The normalized spacial score (nSPS) is 10.8. The summed E-state index contributed by atoms with van der Waals surface area (Å²) < 4.78 is 9.90. The largest absolute Gasteiger partial charge is 0.466 e. The topological polar surface area (TPSA) is 95.7 Å². The van der Waals surface area contributed by atoms with Crippen molar-refractivity contribution in [2.75, 3.05) is 6.61 Å². The van der Waals surface area contributed by atoms with Crippen molar-refractivity contribution in [1.82, 2.24) is 0 Å². The molecule has 0 fully saturated rings. The molecule has 1 amide bonds. The minimum absolute atomic E-state index is 0.0229. The van der Waals surface area contributed by atoms with E-state index < -0.39 is 17.5 Å². The highest BCUT2D eigenvalue weighted by molar-refractivity contribution is 5.79. The molecular formula is C12H21NO5. The summed E-state index contributed by atoms with van der Waals surface area (Å²) in [6, 6.07) is 0. The molecule has 0 saturated carbocycles. The van der Waals surface area contributed by atoms with Gasteiger partial charge in [-0.3, -0.25) is 14.4 Å². The highest BCUT2D eigenvalue weighted by Gasteiger charge is 2.15. The molecule has 0 rings (SSSR count). The van der Waals surface area contributed by atoms with E-state index in [1.807, 2.05) is 0 Å². The molecule has 0 unspecified atom stereocenters. The van der Waals surface area contributed by atoms with Crippen molar-refractivity contribution in [2.24, 2.45) is 5.73 Å². The second kappa shape index (κ2) is 7.68. The number of carbonyl (C=O) groups is 3. The smallest absolute Gasteiger partial charge is 0.306 e. The van der Waals surface area contributed by atoms with Crippen LogP contribution in [0.3, 0.4) is 0 Å². The van der Waals surface area contributed by atoms with Crippen LogP contribution in [-0.4, -0.2) is 30.1 Å². The lowest BCUT2D eigenvalue weighted by Gasteiger charge is -2.19. The maximum absolute atomic E-state index is 11.3. The van der Waals surface area contributed by atoms with Crippen LogP contribution in [0.25, 0.3) is 0 Å². The van der Waals surface area contributed by atoms with Crippen LogP contribution in [0.4, 0.5) is 0 Å². The van der Waals surface area contributed by atoms with E-state index in [0.717, 1.165) is 0 Å². The molecule has 0 spiro atoms. The molecule has 0 bridgehead atoms. The van der Waals surface area contributed by atoms with Gasteiger partial charge in [0, 0.05) is 12.8 Å². The summed E-state index contributed by atoms with van der Waals surface area (Å²) in [6.07, 6.45) is 0.546. The van der Waals surface area contributed by atoms with Crippen molar-refractivity contribution >= 4 is 17.8 Å². The first-order chi connectivity index (χ1) is 8.20. The molecule has 0 aliphatic rings. The van der Waals surface area contributed by atoms with Gasteiger partial charge in [0.2, 0.25) is 5.91 Å². The van der Waals surface area contributed by atoms with Gasteiger partial charge in [0.1, 0.15) is 5.60 Å². The summed E-state index contributed by atoms with van der Waals surface area (Å²) >= 11 is 0. The van der Waals surface area contributed by atoms with Gasteiger partial charge in [-0.1, -0.05) is 0 Å². The summed E-state index contributed by atoms with van der Waals surface area (Å²) in [6.45, 7) is 5.50.